The van der Waals surface area contributed by atoms with Crippen LogP contribution in [0.2, 0.25) is 0 Å². The summed E-state index contributed by atoms with van der Waals surface area (Å²) in [5, 5.41) is 6.55. The molecule has 2 rings (SSSR count). The number of nitrogens with one attached hydrogen (secondary N) is 2. The van der Waals surface area contributed by atoms with Crippen molar-refractivity contribution in [3.8, 4) is 11.5 Å². The van der Waals surface area contributed by atoms with Crippen LogP contribution in [0, 0.1) is 6.92 Å². The van der Waals surface area contributed by atoms with Crippen LogP contribution in [-0.2, 0) is 22.8 Å². The summed E-state index contributed by atoms with van der Waals surface area (Å²) in [7, 11) is 1.78. The van der Waals surface area contributed by atoms with Gasteiger partial charge in [-0.2, -0.15) is 0 Å². The number of methoxy groups -OCH3 is 2. The Kier molecular flexibility index (Phi) is 8.53. The third kappa shape index (κ3) is 6.66. The van der Waals surface area contributed by atoms with Gasteiger partial charge in [0.05, 0.1) is 19.1 Å². The second-order valence-corrected chi connectivity index (χ2v) is 9.00. The molecule has 0 heterocycles. The molecule has 0 atom stereocenters. The molecule has 2 aromatic carbocycles. The molecule has 7 nitrogen and oxygen atoms in total. The zero-order chi connectivity index (χ0) is 22.1. The molecular formula is C22H31N3O4S. The van der Waals surface area contributed by atoms with Crippen molar-refractivity contribution in [1.82, 2.24) is 10.6 Å². The van der Waals surface area contributed by atoms with E-state index in [2.05, 4.69) is 15.6 Å². The van der Waals surface area contributed by atoms with E-state index in [0.29, 0.717) is 17.4 Å². The maximum absolute atomic E-state index is 11.7. The minimum absolute atomic E-state index is 0.365. The van der Waals surface area contributed by atoms with Crippen LogP contribution in [0.3, 0.4) is 0 Å². The zero-order valence-corrected chi connectivity index (χ0v) is 19.1. The van der Waals surface area contributed by atoms with Crippen LogP contribution in [0.15, 0.2) is 46.3 Å². The van der Waals surface area contributed by atoms with Crippen LogP contribution in [0.25, 0.3) is 0 Å². The Morgan fingerprint density at radius 2 is 1.70 bits per heavy atom. The molecule has 0 unspecified atom stereocenters. The van der Waals surface area contributed by atoms with Gasteiger partial charge in [0.2, 0.25) is 0 Å². The molecule has 0 aliphatic carbocycles. The average Bonchev–Trinajstić information content (AvgIpc) is 2.72. The monoisotopic (exact) mass is 433 g/mol. The fourth-order valence-electron chi connectivity index (χ4n) is 3.18. The van der Waals surface area contributed by atoms with E-state index in [0.717, 1.165) is 42.0 Å². The molecule has 8 heteroatoms. The Morgan fingerprint density at radius 1 is 1.00 bits per heavy atom. The van der Waals surface area contributed by atoms with Gasteiger partial charge in [-0.3, -0.25) is 4.99 Å². The van der Waals surface area contributed by atoms with Crippen molar-refractivity contribution in [2.45, 2.75) is 31.2 Å². The molecule has 0 bridgehead atoms. The van der Waals surface area contributed by atoms with Crippen LogP contribution in [0.4, 0.5) is 0 Å². The molecule has 0 radical (unpaired) electrons. The maximum atomic E-state index is 11.7. The number of sulfone groups is 1. The first-order chi connectivity index (χ1) is 14.3. The van der Waals surface area contributed by atoms with E-state index in [1.54, 1.807) is 34.3 Å². The van der Waals surface area contributed by atoms with Crippen LogP contribution >= 0.6 is 0 Å². The highest BCUT2D eigenvalue weighted by Crippen LogP contribution is 2.27. The molecule has 2 aromatic rings. The molecule has 0 spiro atoms. The lowest BCUT2D eigenvalue weighted by atomic mass is 10.1. The average molecular weight is 434 g/mol. The van der Waals surface area contributed by atoms with Crippen molar-refractivity contribution in [2.75, 3.05) is 34.1 Å². The Balaban J connectivity index is 1.82. The van der Waals surface area contributed by atoms with E-state index in [9.17, 15) is 8.42 Å². The van der Waals surface area contributed by atoms with Gasteiger partial charge in [-0.25, -0.2) is 8.42 Å². The first-order valence-corrected chi connectivity index (χ1v) is 11.6. The number of aryl methyl sites for hydroxylation is 2. The van der Waals surface area contributed by atoms with Crippen LogP contribution in [0.1, 0.15) is 23.1 Å². The van der Waals surface area contributed by atoms with Crippen molar-refractivity contribution in [1.29, 1.82) is 0 Å². The number of hydrogen-bond donors (Lipinski definition) is 2. The number of aliphatic imine (C=N–C) groups is 1. The van der Waals surface area contributed by atoms with Crippen molar-refractivity contribution >= 4 is 15.8 Å². The van der Waals surface area contributed by atoms with E-state index in [1.165, 1.54) is 11.8 Å². The smallest absolute Gasteiger partial charge is 0.191 e. The van der Waals surface area contributed by atoms with Crippen LogP contribution in [-0.4, -0.2) is 48.4 Å². The normalized spacial score (nSPS) is 11.8. The summed E-state index contributed by atoms with van der Waals surface area (Å²) in [5.74, 6) is 2.16. The molecule has 0 amide bonds. The van der Waals surface area contributed by atoms with Gasteiger partial charge in [-0.15, -0.1) is 0 Å². The van der Waals surface area contributed by atoms with Crippen molar-refractivity contribution in [3.63, 3.8) is 0 Å². The van der Waals surface area contributed by atoms with Gasteiger partial charge >= 0.3 is 0 Å². The van der Waals surface area contributed by atoms with E-state index in [1.807, 2.05) is 30.3 Å². The number of rotatable bonds is 9. The van der Waals surface area contributed by atoms with Crippen LogP contribution in [0.5, 0.6) is 11.5 Å². The lowest BCUT2D eigenvalue weighted by molar-refractivity contribution is 0.354. The summed E-state index contributed by atoms with van der Waals surface area (Å²) < 4.78 is 34.1. The first-order valence-electron chi connectivity index (χ1n) is 9.73. The van der Waals surface area contributed by atoms with Crippen LogP contribution < -0.4 is 20.1 Å². The van der Waals surface area contributed by atoms with Crippen molar-refractivity contribution in [3.05, 3.63) is 53.1 Å². The second-order valence-electron chi connectivity index (χ2n) is 7.02. The number of benzene rings is 2. The molecule has 2 N–H and O–H groups in total. The highest BCUT2D eigenvalue weighted by Gasteiger charge is 2.11. The molecule has 0 saturated heterocycles. The predicted octanol–water partition coefficient (Wildman–Crippen LogP) is 2.71. The van der Waals surface area contributed by atoms with Gasteiger partial charge in [0.15, 0.2) is 27.3 Å². The quantitative estimate of drug-likeness (QED) is 0.359. The number of guanidine groups is 1. The Bertz CT molecular complexity index is 988. The molecule has 0 aliphatic rings. The lowest BCUT2D eigenvalue weighted by Gasteiger charge is -2.13. The maximum Gasteiger partial charge on any atom is 0.191 e. The summed E-state index contributed by atoms with van der Waals surface area (Å²) in [6.07, 6.45) is 3.05. The Labute approximate surface area is 179 Å². The summed E-state index contributed by atoms with van der Waals surface area (Å²) >= 11 is 0. The summed E-state index contributed by atoms with van der Waals surface area (Å²) in [4.78, 5) is 4.60. The van der Waals surface area contributed by atoms with E-state index in [-0.39, 0.29) is 0 Å². The molecule has 0 fully saturated rings. The highest BCUT2D eigenvalue weighted by atomic mass is 32.2. The van der Waals surface area contributed by atoms with Gasteiger partial charge in [-0.1, -0.05) is 18.2 Å². The molecule has 0 saturated carbocycles. The van der Waals surface area contributed by atoms with Gasteiger partial charge < -0.3 is 20.1 Å². The zero-order valence-electron chi connectivity index (χ0n) is 18.3. The number of nitrogens with zero attached hydrogens (tertiary/aromatic N) is 1. The standard InChI is InChI=1S/C22H31N3O4S/c1-16-13-18(9-11-21(16)30(5,26)27)15-25-22(23-2)24-12-6-7-17-8-10-19(28-3)20(14-17)29-4/h8-11,13-14H,6-7,12,15H2,1-5H3,(H2,23,24,25). The fraction of sp³-hybridized carbons (Fsp3) is 0.409. The highest BCUT2D eigenvalue weighted by molar-refractivity contribution is 7.90. The predicted molar refractivity (Wildman–Crippen MR) is 120 cm³/mol. The molecular weight excluding hydrogens is 402 g/mol. The second kappa shape index (κ2) is 10.9. The fourth-order valence-corrected chi connectivity index (χ4v) is 4.14. The largest absolute Gasteiger partial charge is 0.493 e. The molecule has 0 aliphatic heterocycles. The van der Waals surface area contributed by atoms with E-state index in [4.69, 9.17) is 9.47 Å². The number of hydrogen-bond acceptors (Lipinski definition) is 5. The first kappa shape index (κ1) is 23.5. The number of ether oxygens (including phenoxy) is 2. The Hall–Kier alpha value is -2.74. The summed E-state index contributed by atoms with van der Waals surface area (Å²) in [6, 6.07) is 11.3. The topological polar surface area (TPSA) is 89.0 Å². The third-order valence-electron chi connectivity index (χ3n) is 4.71. The van der Waals surface area contributed by atoms with Crippen molar-refractivity contribution < 1.29 is 17.9 Å². The molecule has 30 heavy (non-hydrogen) atoms. The molecule has 0 aromatic heterocycles. The lowest BCUT2D eigenvalue weighted by Crippen LogP contribution is -2.37. The Morgan fingerprint density at radius 3 is 2.30 bits per heavy atom. The van der Waals surface area contributed by atoms with Crippen molar-refractivity contribution in [2.24, 2.45) is 4.99 Å². The van der Waals surface area contributed by atoms with Gasteiger partial charge in [0.25, 0.3) is 0 Å². The molecule has 164 valence electrons. The van der Waals surface area contributed by atoms with E-state index >= 15 is 0 Å². The van der Waals surface area contributed by atoms with Gasteiger partial charge in [-0.05, 0) is 54.7 Å². The SMILES string of the molecule is CN=C(NCCCc1ccc(OC)c(OC)c1)NCc1ccc(S(C)(=O)=O)c(C)c1. The van der Waals surface area contributed by atoms with E-state index < -0.39 is 9.84 Å². The third-order valence-corrected chi connectivity index (χ3v) is 5.96. The minimum Gasteiger partial charge on any atom is -0.493 e. The minimum atomic E-state index is -3.20. The van der Waals surface area contributed by atoms with Gasteiger partial charge in [0, 0.05) is 26.4 Å². The summed E-state index contributed by atoms with van der Waals surface area (Å²) in [6.45, 7) is 3.13. The summed E-state index contributed by atoms with van der Waals surface area (Å²) in [5.41, 5.74) is 2.92. The van der Waals surface area contributed by atoms with Gasteiger partial charge in [0.1, 0.15) is 0 Å².